The summed E-state index contributed by atoms with van der Waals surface area (Å²) >= 11 is 0. The summed E-state index contributed by atoms with van der Waals surface area (Å²) in [6.45, 7) is 0. The van der Waals surface area contributed by atoms with Gasteiger partial charge in [-0.05, 0) is 49.2 Å². The maximum absolute atomic E-state index is 6.07. The van der Waals surface area contributed by atoms with Crippen LogP contribution in [0.15, 0.2) is 162 Å². The highest BCUT2D eigenvalue weighted by Gasteiger charge is 2.31. The van der Waals surface area contributed by atoms with Gasteiger partial charge in [-0.25, -0.2) is 0 Å². The normalized spacial score (nSPS) is 10.7. The molecule has 0 saturated carbocycles. The number of terminal acetylenes is 1. The Balaban J connectivity index is 1.85. The van der Waals surface area contributed by atoms with Gasteiger partial charge in [-0.3, -0.25) is 0 Å². The van der Waals surface area contributed by atoms with E-state index in [0.29, 0.717) is 6.42 Å². The minimum atomic E-state index is -0.898. The molecule has 184 valence electrons. The van der Waals surface area contributed by atoms with E-state index in [2.05, 4.69) is 157 Å². The first-order valence-electron chi connectivity index (χ1n) is 12.6. The maximum Gasteiger partial charge on any atom is 0.0496 e. The number of allylic oxidation sites excluding steroid dienone is 1. The van der Waals surface area contributed by atoms with Gasteiger partial charge in [-0.1, -0.05) is 140 Å². The van der Waals surface area contributed by atoms with Gasteiger partial charge in [0.15, 0.2) is 0 Å². The summed E-state index contributed by atoms with van der Waals surface area (Å²) < 4.78 is 0. The van der Waals surface area contributed by atoms with E-state index >= 15 is 0 Å². The van der Waals surface area contributed by atoms with Crippen LogP contribution in [0.5, 0.6) is 0 Å². The van der Waals surface area contributed by atoms with Crippen LogP contribution >= 0.6 is 15.8 Å². The minimum Gasteiger partial charge on any atom is -0.358 e. The van der Waals surface area contributed by atoms with Gasteiger partial charge in [0.2, 0.25) is 0 Å². The molecule has 0 spiro atoms. The van der Waals surface area contributed by atoms with Crippen molar-refractivity contribution in [1.82, 2.24) is 0 Å². The van der Waals surface area contributed by atoms with Crippen LogP contribution in [0.2, 0.25) is 0 Å². The molecule has 0 heterocycles. The monoisotopic (exact) mass is 525 g/mol. The van der Waals surface area contributed by atoms with Gasteiger partial charge in [0, 0.05) is 22.9 Å². The Kier molecular flexibility index (Phi) is 8.81. The summed E-state index contributed by atoms with van der Waals surface area (Å²) in [5.41, 5.74) is 2.15. The molecule has 3 heteroatoms. The highest BCUT2D eigenvalue weighted by atomic mass is 31.2. The minimum absolute atomic E-state index is 0.515. The molecule has 0 aliphatic heterocycles. The van der Waals surface area contributed by atoms with Crippen molar-refractivity contribution in [2.24, 2.45) is 0 Å². The van der Waals surface area contributed by atoms with Crippen LogP contribution in [0.3, 0.4) is 0 Å². The summed E-state index contributed by atoms with van der Waals surface area (Å²) in [5.74, 6) is 2.98. The van der Waals surface area contributed by atoms with Crippen LogP contribution in [0.25, 0.3) is 0 Å². The second kappa shape index (κ2) is 13.0. The third kappa shape index (κ3) is 6.13. The van der Waals surface area contributed by atoms with Crippen molar-refractivity contribution in [3.05, 3.63) is 162 Å². The van der Waals surface area contributed by atoms with Crippen molar-refractivity contribution in [3.8, 4) is 12.3 Å². The number of para-hydroxylation sites is 1. The second-order valence-electron chi connectivity index (χ2n) is 8.69. The van der Waals surface area contributed by atoms with Crippen molar-refractivity contribution < 1.29 is 0 Å². The smallest absolute Gasteiger partial charge is 0.0496 e. The molecule has 0 amide bonds. The zero-order valence-electron chi connectivity index (χ0n) is 21.1. The number of hydrogen-bond donors (Lipinski definition) is 1. The number of anilines is 1. The Bertz CT molecular complexity index is 1330. The molecule has 0 aliphatic rings. The third-order valence-corrected chi connectivity index (χ3v) is 11.9. The zero-order valence-corrected chi connectivity index (χ0v) is 22.9. The lowest BCUT2D eigenvalue weighted by molar-refractivity contribution is 1.26. The first kappa shape index (κ1) is 25.7. The number of hydrogen-bond acceptors (Lipinski definition) is 1. The van der Waals surface area contributed by atoms with E-state index in [0.717, 1.165) is 11.4 Å². The van der Waals surface area contributed by atoms with E-state index in [1.54, 1.807) is 0 Å². The summed E-state index contributed by atoms with van der Waals surface area (Å²) in [7, 11) is -1.80. The average Bonchev–Trinajstić information content (AvgIpc) is 2.99. The SMILES string of the molecule is C#CCC(Nc1ccccc1)=C(P(c1ccccc1)c1ccccc1)P(c1ccccc1)c1ccccc1. The molecule has 1 nitrogen and oxygen atoms in total. The lowest BCUT2D eigenvalue weighted by Crippen LogP contribution is -2.21. The van der Waals surface area contributed by atoms with E-state index in [-0.39, 0.29) is 0 Å². The van der Waals surface area contributed by atoms with Crippen molar-refractivity contribution in [1.29, 1.82) is 0 Å². The predicted octanol–water partition coefficient (Wildman–Crippen LogP) is 7.56. The van der Waals surface area contributed by atoms with Crippen LogP contribution in [0.1, 0.15) is 6.42 Å². The van der Waals surface area contributed by atoms with Gasteiger partial charge in [0.1, 0.15) is 0 Å². The Morgan fingerprint density at radius 1 is 0.500 bits per heavy atom. The fourth-order valence-corrected chi connectivity index (χ4v) is 10.9. The zero-order chi connectivity index (χ0) is 26.0. The Morgan fingerprint density at radius 2 is 0.816 bits per heavy atom. The third-order valence-electron chi connectivity index (χ3n) is 6.10. The lowest BCUT2D eigenvalue weighted by atomic mass is 10.3. The van der Waals surface area contributed by atoms with Gasteiger partial charge >= 0.3 is 0 Å². The van der Waals surface area contributed by atoms with Crippen molar-refractivity contribution in [2.45, 2.75) is 6.42 Å². The van der Waals surface area contributed by atoms with Gasteiger partial charge in [-0.2, -0.15) is 0 Å². The van der Waals surface area contributed by atoms with E-state index in [4.69, 9.17) is 6.42 Å². The molecule has 0 unspecified atom stereocenters. The summed E-state index contributed by atoms with van der Waals surface area (Å²) in [6, 6.07) is 54.0. The predicted molar refractivity (Wildman–Crippen MR) is 169 cm³/mol. The number of benzene rings is 5. The van der Waals surface area contributed by atoms with E-state index in [1.165, 1.54) is 26.3 Å². The van der Waals surface area contributed by atoms with Crippen LogP contribution in [-0.4, -0.2) is 0 Å². The van der Waals surface area contributed by atoms with Gasteiger partial charge in [-0.15, -0.1) is 12.3 Å². The second-order valence-corrected chi connectivity index (χ2v) is 13.3. The summed E-state index contributed by atoms with van der Waals surface area (Å²) in [4.78, 5) is 0. The highest BCUT2D eigenvalue weighted by molar-refractivity contribution is 7.94. The van der Waals surface area contributed by atoms with Crippen molar-refractivity contribution in [3.63, 3.8) is 0 Å². The molecule has 0 aromatic heterocycles. The summed E-state index contributed by atoms with van der Waals surface area (Å²) in [5, 5.41) is 10.4. The molecule has 0 atom stereocenters. The van der Waals surface area contributed by atoms with Crippen LogP contribution in [0, 0.1) is 12.3 Å². The Morgan fingerprint density at radius 3 is 1.13 bits per heavy atom. The van der Waals surface area contributed by atoms with Crippen LogP contribution < -0.4 is 26.5 Å². The van der Waals surface area contributed by atoms with E-state index in [1.807, 2.05) is 6.07 Å². The van der Waals surface area contributed by atoms with Crippen LogP contribution in [0.4, 0.5) is 5.69 Å². The topological polar surface area (TPSA) is 12.0 Å². The molecular formula is C35H29NP2. The highest BCUT2D eigenvalue weighted by Crippen LogP contribution is 2.61. The van der Waals surface area contributed by atoms with Crippen molar-refractivity contribution in [2.75, 3.05) is 5.32 Å². The molecule has 5 aromatic rings. The fraction of sp³-hybridized carbons (Fsp3) is 0.0286. The maximum atomic E-state index is 6.07. The number of nitrogens with one attached hydrogen (secondary N) is 1. The molecule has 0 saturated heterocycles. The fourth-order valence-electron chi connectivity index (χ4n) is 4.44. The van der Waals surface area contributed by atoms with Crippen molar-refractivity contribution >= 4 is 42.7 Å². The molecule has 1 N–H and O–H groups in total. The molecule has 38 heavy (non-hydrogen) atoms. The lowest BCUT2D eigenvalue weighted by Gasteiger charge is -2.32. The largest absolute Gasteiger partial charge is 0.358 e. The van der Waals surface area contributed by atoms with E-state index in [9.17, 15) is 0 Å². The molecule has 0 fully saturated rings. The Hall–Kier alpha value is -3.94. The standard InChI is InChI=1S/C35H29NP2/c1-2-18-34(36-29-19-8-3-9-20-29)35(37(30-21-10-4-11-22-30)31-23-12-5-13-24-31)38(32-25-14-6-15-26-32)33-27-16-7-17-28-33/h1,3-17,19-28,36H,18H2. The van der Waals surface area contributed by atoms with E-state index < -0.39 is 15.8 Å². The Labute approximate surface area is 228 Å². The molecule has 0 bridgehead atoms. The quantitative estimate of drug-likeness (QED) is 0.155. The summed E-state index contributed by atoms with van der Waals surface area (Å²) in [6.07, 6.45) is 6.58. The first-order chi connectivity index (χ1) is 18.8. The van der Waals surface area contributed by atoms with Gasteiger partial charge in [0.25, 0.3) is 0 Å². The average molecular weight is 526 g/mol. The van der Waals surface area contributed by atoms with Crippen LogP contribution in [-0.2, 0) is 0 Å². The van der Waals surface area contributed by atoms with Gasteiger partial charge < -0.3 is 5.32 Å². The molecule has 0 radical (unpaired) electrons. The first-order valence-corrected chi connectivity index (χ1v) is 15.3. The molecule has 5 rings (SSSR count). The van der Waals surface area contributed by atoms with Gasteiger partial charge in [0.05, 0.1) is 0 Å². The molecular weight excluding hydrogens is 496 g/mol. The number of rotatable bonds is 9. The molecule has 5 aromatic carbocycles. The molecule has 0 aliphatic carbocycles.